The van der Waals surface area contributed by atoms with Crippen molar-refractivity contribution in [3.63, 3.8) is 0 Å². The van der Waals surface area contributed by atoms with Gasteiger partial charge in [0.1, 0.15) is 22.5 Å². The van der Waals surface area contributed by atoms with Gasteiger partial charge in [-0.25, -0.2) is 9.97 Å². The Morgan fingerprint density at radius 2 is 2.00 bits per heavy atom. The van der Waals surface area contributed by atoms with Gasteiger partial charge in [-0.15, -0.1) is 0 Å². The Morgan fingerprint density at radius 3 is 2.83 bits per heavy atom. The summed E-state index contributed by atoms with van der Waals surface area (Å²) in [4.78, 5) is 20.8. The number of carbonyl (C=O) groups excluding carboxylic acids is 1. The number of nitrogens with zero attached hydrogens (tertiary/aromatic N) is 3. The molecule has 0 radical (unpaired) electrons. The second-order valence-corrected chi connectivity index (χ2v) is 6.43. The highest BCUT2D eigenvalue weighted by molar-refractivity contribution is 5.96. The third-order valence-electron chi connectivity index (χ3n) is 4.52. The monoisotopic (exact) mass is 388 g/mol. The average Bonchev–Trinajstić information content (AvgIpc) is 3.22. The SMILES string of the molecule is COc1ccc(-c2nc(Nc3ccc4c(c3)NC(=O)CO4)c3[nH]ncc3n2)cc1. The fraction of sp³-hybridized carbons (Fsp3) is 0.100. The van der Waals surface area contributed by atoms with E-state index in [1.54, 1.807) is 25.4 Å². The van der Waals surface area contributed by atoms with Gasteiger partial charge < -0.3 is 20.1 Å². The zero-order valence-electron chi connectivity index (χ0n) is 15.4. The van der Waals surface area contributed by atoms with Gasteiger partial charge in [0, 0.05) is 11.3 Å². The molecule has 0 unspecified atom stereocenters. The zero-order chi connectivity index (χ0) is 19.8. The van der Waals surface area contributed by atoms with E-state index in [-0.39, 0.29) is 12.5 Å². The fourth-order valence-electron chi connectivity index (χ4n) is 3.10. The van der Waals surface area contributed by atoms with Crippen LogP contribution in [0.2, 0.25) is 0 Å². The Kier molecular flexibility index (Phi) is 3.98. The van der Waals surface area contributed by atoms with Gasteiger partial charge in [0.25, 0.3) is 5.91 Å². The summed E-state index contributed by atoms with van der Waals surface area (Å²) < 4.78 is 10.6. The molecule has 144 valence electrons. The van der Waals surface area contributed by atoms with Crippen LogP contribution < -0.4 is 20.1 Å². The lowest BCUT2D eigenvalue weighted by Crippen LogP contribution is -2.25. The van der Waals surface area contributed by atoms with Gasteiger partial charge in [0.15, 0.2) is 18.2 Å². The van der Waals surface area contributed by atoms with E-state index in [0.717, 1.165) is 17.0 Å². The quantitative estimate of drug-likeness (QED) is 0.492. The Labute approximate surface area is 165 Å². The molecule has 5 rings (SSSR count). The Balaban J connectivity index is 1.53. The second-order valence-electron chi connectivity index (χ2n) is 6.43. The van der Waals surface area contributed by atoms with E-state index in [9.17, 15) is 4.79 Å². The van der Waals surface area contributed by atoms with Crippen LogP contribution in [0.4, 0.5) is 17.2 Å². The highest BCUT2D eigenvalue weighted by Gasteiger charge is 2.17. The molecule has 2 aromatic heterocycles. The number of benzene rings is 2. The van der Waals surface area contributed by atoms with Crippen LogP contribution >= 0.6 is 0 Å². The first-order chi connectivity index (χ1) is 14.2. The predicted molar refractivity (Wildman–Crippen MR) is 108 cm³/mol. The maximum absolute atomic E-state index is 11.6. The van der Waals surface area contributed by atoms with Crippen molar-refractivity contribution in [2.75, 3.05) is 24.4 Å². The third-order valence-corrected chi connectivity index (χ3v) is 4.52. The minimum Gasteiger partial charge on any atom is -0.497 e. The summed E-state index contributed by atoms with van der Waals surface area (Å²) in [6.07, 6.45) is 1.65. The molecule has 1 amide bonds. The molecule has 0 aliphatic carbocycles. The fourth-order valence-corrected chi connectivity index (χ4v) is 3.10. The number of fused-ring (bicyclic) bond motifs is 2. The van der Waals surface area contributed by atoms with Crippen molar-refractivity contribution < 1.29 is 14.3 Å². The molecule has 3 N–H and O–H groups in total. The van der Waals surface area contributed by atoms with E-state index in [1.807, 2.05) is 30.3 Å². The molecular weight excluding hydrogens is 372 g/mol. The number of aromatic amines is 1. The maximum atomic E-state index is 11.6. The number of methoxy groups -OCH3 is 1. The summed E-state index contributed by atoms with van der Waals surface area (Å²) >= 11 is 0. The first-order valence-electron chi connectivity index (χ1n) is 8.89. The smallest absolute Gasteiger partial charge is 0.262 e. The molecule has 1 aliphatic heterocycles. The van der Waals surface area contributed by atoms with Gasteiger partial charge >= 0.3 is 0 Å². The van der Waals surface area contributed by atoms with Crippen molar-refractivity contribution >= 4 is 34.1 Å². The number of ether oxygens (including phenoxy) is 2. The molecule has 2 aromatic carbocycles. The minimum absolute atomic E-state index is 0.0195. The van der Waals surface area contributed by atoms with Crippen LogP contribution in [0.25, 0.3) is 22.4 Å². The number of amides is 1. The number of rotatable bonds is 4. The zero-order valence-corrected chi connectivity index (χ0v) is 15.4. The summed E-state index contributed by atoms with van der Waals surface area (Å²) in [5.74, 6) is 2.33. The van der Waals surface area contributed by atoms with Crippen LogP contribution in [0.5, 0.6) is 11.5 Å². The third kappa shape index (κ3) is 3.18. The molecular formula is C20H16N6O3. The lowest BCUT2D eigenvalue weighted by Gasteiger charge is -2.19. The van der Waals surface area contributed by atoms with Crippen molar-refractivity contribution in [2.45, 2.75) is 0 Å². The number of hydrogen-bond acceptors (Lipinski definition) is 7. The summed E-state index contributed by atoms with van der Waals surface area (Å²) in [7, 11) is 1.62. The van der Waals surface area contributed by atoms with Crippen molar-refractivity contribution in [3.8, 4) is 22.9 Å². The van der Waals surface area contributed by atoms with Crippen molar-refractivity contribution in [2.24, 2.45) is 0 Å². The van der Waals surface area contributed by atoms with E-state index < -0.39 is 0 Å². The number of anilines is 3. The van der Waals surface area contributed by atoms with Crippen molar-refractivity contribution in [3.05, 3.63) is 48.7 Å². The molecule has 3 heterocycles. The molecule has 0 saturated heterocycles. The Bertz CT molecular complexity index is 1220. The largest absolute Gasteiger partial charge is 0.497 e. The van der Waals surface area contributed by atoms with Crippen LogP contribution in [-0.4, -0.2) is 39.8 Å². The molecule has 9 heteroatoms. The van der Waals surface area contributed by atoms with E-state index in [2.05, 4.69) is 30.8 Å². The van der Waals surface area contributed by atoms with E-state index >= 15 is 0 Å². The number of hydrogen-bond donors (Lipinski definition) is 3. The van der Waals surface area contributed by atoms with Crippen LogP contribution in [0, 0.1) is 0 Å². The first-order valence-corrected chi connectivity index (χ1v) is 8.89. The number of aromatic nitrogens is 4. The van der Waals surface area contributed by atoms with Crippen LogP contribution in [0.15, 0.2) is 48.7 Å². The predicted octanol–water partition coefficient (Wildman–Crippen LogP) is 3.10. The van der Waals surface area contributed by atoms with Crippen LogP contribution in [0.1, 0.15) is 0 Å². The average molecular weight is 388 g/mol. The Morgan fingerprint density at radius 1 is 1.14 bits per heavy atom. The summed E-state index contributed by atoms with van der Waals surface area (Å²) in [6, 6.07) is 13.0. The van der Waals surface area contributed by atoms with E-state index in [1.165, 1.54) is 0 Å². The lowest BCUT2D eigenvalue weighted by atomic mass is 10.2. The van der Waals surface area contributed by atoms with Gasteiger partial charge in [-0.2, -0.15) is 5.10 Å². The van der Waals surface area contributed by atoms with Gasteiger partial charge in [-0.3, -0.25) is 9.89 Å². The highest BCUT2D eigenvalue weighted by atomic mass is 16.5. The molecule has 0 fully saturated rings. The van der Waals surface area contributed by atoms with Gasteiger partial charge in [-0.1, -0.05) is 0 Å². The van der Waals surface area contributed by atoms with Crippen molar-refractivity contribution in [1.82, 2.24) is 20.2 Å². The lowest BCUT2D eigenvalue weighted by molar-refractivity contribution is -0.118. The molecule has 29 heavy (non-hydrogen) atoms. The van der Waals surface area contributed by atoms with E-state index in [4.69, 9.17) is 9.47 Å². The molecule has 0 spiro atoms. The molecule has 1 aliphatic rings. The van der Waals surface area contributed by atoms with Crippen LogP contribution in [0.3, 0.4) is 0 Å². The van der Waals surface area contributed by atoms with Gasteiger partial charge in [0.2, 0.25) is 0 Å². The normalized spacial score (nSPS) is 12.8. The molecule has 0 bridgehead atoms. The van der Waals surface area contributed by atoms with Crippen LogP contribution in [-0.2, 0) is 4.79 Å². The molecule has 0 saturated carbocycles. The molecule has 9 nitrogen and oxygen atoms in total. The van der Waals surface area contributed by atoms with Crippen molar-refractivity contribution in [1.29, 1.82) is 0 Å². The minimum atomic E-state index is -0.186. The van der Waals surface area contributed by atoms with E-state index in [0.29, 0.717) is 34.1 Å². The van der Waals surface area contributed by atoms with Gasteiger partial charge in [0.05, 0.1) is 19.0 Å². The maximum Gasteiger partial charge on any atom is 0.262 e. The summed E-state index contributed by atoms with van der Waals surface area (Å²) in [5.41, 5.74) is 3.56. The number of H-pyrrole nitrogens is 1. The summed E-state index contributed by atoms with van der Waals surface area (Å²) in [5, 5.41) is 13.1. The number of nitrogens with one attached hydrogen (secondary N) is 3. The Hall–Kier alpha value is -4.14. The molecule has 0 atom stereocenters. The van der Waals surface area contributed by atoms with Gasteiger partial charge in [-0.05, 0) is 42.5 Å². The number of carbonyl (C=O) groups is 1. The second kappa shape index (κ2) is 6.79. The molecule has 4 aromatic rings. The standard InChI is InChI=1S/C20H16N6O3/c1-28-13-5-2-11(3-6-13)19-24-15-9-21-26-18(15)20(25-19)22-12-4-7-16-14(8-12)23-17(27)10-29-16/h2-9H,10H2,1H3,(H,21,26)(H,23,27)(H,22,24,25). The highest BCUT2D eigenvalue weighted by Crippen LogP contribution is 2.33. The summed E-state index contributed by atoms with van der Waals surface area (Å²) in [6.45, 7) is 0.0195. The topological polar surface area (TPSA) is 114 Å². The first kappa shape index (κ1) is 17.0.